The SMILES string of the molecule is CC1(C)COC(c2cc(O)c(O)c3ccccc23)=N1. The van der Waals surface area contributed by atoms with Gasteiger partial charge >= 0.3 is 0 Å². The molecule has 0 spiro atoms. The number of rotatable bonds is 1. The minimum absolute atomic E-state index is 0.114. The lowest BCUT2D eigenvalue weighted by molar-refractivity contribution is 0.279. The van der Waals surface area contributed by atoms with E-state index in [4.69, 9.17) is 4.74 Å². The lowest BCUT2D eigenvalue weighted by Crippen LogP contribution is -2.17. The minimum atomic E-state index is -0.260. The average molecular weight is 257 g/mol. The van der Waals surface area contributed by atoms with Crippen molar-refractivity contribution in [2.45, 2.75) is 19.4 Å². The predicted octanol–water partition coefficient (Wildman–Crippen LogP) is 2.81. The van der Waals surface area contributed by atoms with Crippen LogP contribution < -0.4 is 0 Å². The van der Waals surface area contributed by atoms with E-state index in [2.05, 4.69) is 4.99 Å². The molecule has 2 aromatic rings. The van der Waals surface area contributed by atoms with E-state index < -0.39 is 0 Å². The fourth-order valence-electron chi connectivity index (χ4n) is 2.24. The van der Waals surface area contributed by atoms with E-state index in [0.717, 1.165) is 5.39 Å². The van der Waals surface area contributed by atoms with Crippen molar-refractivity contribution < 1.29 is 14.9 Å². The monoisotopic (exact) mass is 257 g/mol. The number of hydrogen-bond donors (Lipinski definition) is 2. The van der Waals surface area contributed by atoms with E-state index in [-0.39, 0.29) is 17.0 Å². The topological polar surface area (TPSA) is 62.0 Å². The Kier molecular flexibility index (Phi) is 2.42. The predicted molar refractivity (Wildman–Crippen MR) is 73.8 cm³/mol. The van der Waals surface area contributed by atoms with Gasteiger partial charge in [0.25, 0.3) is 0 Å². The van der Waals surface area contributed by atoms with Gasteiger partial charge in [0.15, 0.2) is 11.5 Å². The van der Waals surface area contributed by atoms with Crippen molar-refractivity contribution in [2.75, 3.05) is 6.61 Å². The van der Waals surface area contributed by atoms with Crippen LogP contribution in [0.2, 0.25) is 0 Å². The second-order valence-corrected chi connectivity index (χ2v) is 5.36. The van der Waals surface area contributed by atoms with Gasteiger partial charge in [-0.3, -0.25) is 0 Å². The fraction of sp³-hybridized carbons (Fsp3) is 0.267. The highest BCUT2D eigenvalue weighted by molar-refractivity contribution is 6.10. The van der Waals surface area contributed by atoms with Gasteiger partial charge in [0, 0.05) is 10.9 Å². The molecule has 0 fully saturated rings. The van der Waals surface area contributed by atoms with E-state index >= 15 is 0 Å². The molecule has 0 saturated heterocycles. The average Bonchev–Trinajstić information content (AvgIpc) is 2.74. The number of hydrogen-bond acceptors (Lipinski definition) is 4. The summed E-state index contributed by atoms with van der Waals surface area (Å²) in [7, 11) is 0. The summed E-state index contributed by atoms with van der Waals surface area (Å²) >= 11 is 0. The standard InChI is InChI=1S/C15H15NO3/c1-15(2)8-19-14(16-15)11-7-12(17)13(18)10-6-4-3-5-9(10)11/h3-7,17-18H,8H2,1-2H3. The molecule has 4 nitrogen and oxygen atoms in total. The first-order chi connectivity index (χ1) is 8.98. The van der Waals surface area contributed by atoms with Crippen LogP contribution in [0.4, 0.5) is 0 Å². The fourth-order valence-corrected chi connectivity index (χ4v) is 2.24. The normalized spacial score (nSPS) is 17.3. The van der Waals surface area contributed by atoms with Crippen molar-refractivity contribution in [3.05, 3.63) is 35.9 Å². The Morgan fingerprint density at radius 2 is 1.84 bits per heavy atom. The number of benzene rings is 2. The highest BCUT2D eigenvalue weighted by atomic mass is 16.5. The Labute approximate surface area is 111 Å². The Balaban J connectivity index is 2.28. The summed E-state index contributed by atoms with van der Waals surface area (Å²) in [5.74, 6) is 0.235. The number of ether oxygens (including phenoxy) is 1. The molecule has 0 saturated carbocycles. The Hall–Kier alpha value is -2.23. The third kappa shape index (κ3) is 1.89. The number of phenolic OH excluding ortho intramolecular Hbond substituents is 2. The summed E-state index contributed by atoms with van der Waals surface area (Å²) in [5, 5.41) is 21.1. The summed E-state index contributed by atoms with van der Waals surface area (Å²) in [6, 6.07) is 8.82. The van der Waals surface area contributed by atoms with E-state index in [1.54, 1.807) is 6.07 Å². The van der Waals surface area contributed by atoms with Gasteiger partial charge < -0.3 is 14.9 Å². The molecule has 0 bridgehead atoms. The molecule has 0 atom stereocenters. The molecule has 0 unspecified atom stereocenters. The van der Waals surface area contributed by atoms with Gasteiger partial charge in [0.05, 0.1) is 5.54 Å². The molecule has 0 aromatic heterocycles. The van der Waals surface area contributed by atoms with Crippen molar-refractivity contribution in [3.8, 4) is 11.5 Å². The third-order valence-corrected chi connectivity index (χ3v) is 3.19. The summed E-state index contributed by atoms with van der Waals surface area (Å²) < 4.78 is 5.61. The molecule has 0 amide bonds. The van der Waals surface area contributed by atoms with Crippen LogP contribution in [0.15, 0.2) is 35.3 Å². The number of fused-ring (bicyclic) bond motifs is 1. The maximum absolute atomic E-state index is 9.90. The van der Waals surface area contributed by atoms with Gasteiger partial charge in [-0.05, 0) is 25.3 Å². The van der Waals surface area contributed by atoms with Crippen molar-refractivity contribution in [2.24, 2.45) is 4.99 Å². The maximum atomic E-state index is 9.90. The molecule has 0 radical (unpaired) electrons. The minimum Gasteiger partial charge on any atom is -0.504 e. The van der Waals surface area contributed by atoms with Gasteiger partial charge in [-0.2, -0.15) is 0 Å². The van der Waals surface area contributed by atoms with E-state index in [9.17, 15) is 10.2 Å². The highest BCUT2D eigenvalue weighted by Crippen LogP contribution is 2.37. The van der Waals surface area contributed by atoms with Gasteiger partial charge in [-0.15, -0.1) is 0 Å². The van der Waals surface area contributed by atoms with Gasteiger partial charge in [0.2, 0.25) is 5.90 Å². The molecule has 19 heavy (non-hydrogen) atoms. The van der Waals surface area contributed by atoms with Crippen molar-refractivity contribution in [1.29, 1.82) is 0 Å². The first-order valence-electron chi connectivity index (χ1n) is 6.15. The smallest absolute Gasteiger partial charge is 0.217 e. The zero-order valence-electron chi connectivity index (χ0n) is 10.8. The molecule has 98 valence electrons. The molecule has 1 heterocycles. The van der Waals surface area contributed by atoms with Crippen LogP contribution >= 0.6 is 0 Å². The third-order valence-electron chi connectivity index (χ3n) is 3.19. The van der Waals surface area contributed by atoms with Crippen LogP contribution in [-0.4, -0.2) is 28.3 Å². The van der Waals surface area contributed by atoms with Crippen LogP contribution in [0.25, 0.3) is 10.8 Å². The summed E-state index contributed by atoms with van der Waals surface area (Å²) in [6.45, 7) is 4.49. The number of phenols is 2. The molecular weight excluding hydrogens is 242 g/mol. The largest absolute Gasteiger partial charge is 0.504 e. The second-order valence-electron chi connectivity index (χ2n) is 5.36. The lowest BCUT2D eigenvalue weighted by atomic mass is 10.0. The van der Waals surface area contributed by atoms with Gasteiger partial charge in [0.1, 0.15) is 6.61 Å². The highest BCUT2D eigenvalue weighted by Gasteiger charge is 2.28. The number of aliphatic imine (C=N–C) groups is 1. The molecule has 2 N–H and O–H groups in total. The van der Waals surface area contributed by atoms with E-state index in [1.807, 2.05) is 32.0 Å². The van der Waals surface area contributed by atoms with Crippen molar-refractivity contribution in [1.82, 2.24) is 0 Å². The first-order valence-corrected chi connectivity index (χ1v) is 6.15. The molecule has 1 aliphatic rings. The molecular formula is C15H15NO3. The van der Waals surface area contributed by atoms with Crippen molar-refractivity contribution >= 4 is 16.7 Å². The molecule has 1 aliphatic heterocycles. The van der Waals surface area contributed by atoms with Crippen LogP contribution in [-0.2, 0) is 4.74 Å². The Morgan fingerprint density at radius 1 is 1.16 bits per heavy atom. The van der Waals surface area contributed by atoms with Crippen LogP contribution in [0.5, 0.6) is 11.5 Å². The Morgan fingerprint density at radius 3 is 2.47 bits per heavy atom. The van der Waals surface area contributed by atoms with Crippen LogP contribution in [0.1, 0.15) is 19.4 Å². The zero-order valence-corrected chi connectivity index (χ0v) is 10.8. The maximum Gasteiger partial charge on any atom is 0.217 e. The van der Waals surface area contributed by atoms with Crippen molar-refractivity contribution in [3.63, 3.8) is 0 Å². The first kappa shape index (κ1) is 11.8. The molecule has 2 aromatic carbocycles. The molecule has 4 heteroatoms. The zero-order chi connectivity index (χ0) is 13.6. The van der Waals surface area contributed by atoms with Crippen LogP contribution in [0.3, 0.4) is 0 Å². The van der Waals surface area contributed by atoms with Gasteiger partial charge in [-0.1, -0.05) is 24.3 Å². The summed E-state index contributed by atoms with van der Waals surface area (Å²) in [5.41, 5.74) is 0.445. The molecule has 3 rings (SSSR count). The quantitative estimate of drug-likeness (QED) is 0.772. The lowest BCUT2D eigenvalue weighted by Gasteiger charge is -2.09. The van der Waals surface area contributed by atoms with Gasteiger partial charge in [-0.25, -0.2) is 4.99 Å². The molecule has 0 aliphatic carbocycles. The Bertz CT molecular complexity index is 689. The summed E-state index contributed by atoms with van der Waals surface area (Å²) in [6.07, 6.45) is 0. The number of aromatic hydroxyl groups is 2. The summed E-state index contributed by atoms with van der Waals surface area (Å²) in [4.78, 5) is 4.51. The number of nitrogens with zero attached hydrogens (tertiary/aromatic N) is 1. The van der Waals surface area contributed by atoms with Crippen LogP contribution in [0, 0.1) is 0 Å². The second kappa shape index (κ2) is 3.88. The van der Waals surface area contributed by atoms with E-state index in [0.29, 0.717) is 23.5 Å². The van der Waals surface area contributed by atoms with E-state index in [1.165, 1.54) is 6.07 Å².